The lowest BCUT2D eigenvalue weighted by molar-refractivity contribution is 0.0954. The summed E-state index contributed by atoms with van der Waals surface area (Å²) in [5.74, 6) is -0.168. The Morgan fingerprint density at radius 1 is 1.40 bits per heavy atom. The van der Waals surface area contributed by atoms with Crippen molar-refractivity contribution in [2.24, 2.45) is 11.8 Å². The molecule has 2 aliphatic rings. The van der Waals surface area contributed by atoms with Crippen LogP contribution in [-0.2, 0) is 6.42 Å². The average Bonchev–Trinajstić information content (AvgIpc) is 3.39. The third-order valence-electron chi connectivity index (χ3n) is 5.89. The molecule has 1 saturated heterocycles. The number of hydrogen-bond donors (Lipinski definition) is 2. The molecule has 1 aliphatic carbocycles. The Kier molecular flexibility index (Phi) is 5.55. The van der Waals surface area contributed by atoms with Gasteiger partial charge in [-0.05, 0) is 42.9 Å². The Hall–Kier alpha value is -2.81. The van der Waals surface area contributed by atoms with E-state index in [-0.39, 0.29) is 41.3 Å². The van der Waals surface area contributed by atoms with Gasteiger partial charge in [-0.2, -0.15) is 0 Å². The van der Waals surface area contributed by atoms with Gasteiger partial charge in [-0.1, -0.05) is 16.8 Å². The summed E-state index contributed by atoms with van der Waals surface area (Å²) >= 11 is 5.79. The molecule has 0 bridgehead atoms. The number of carbonyl (C=O) groups is 2. The van der Waals surface area contributed by atoms with Crippen LogP contribution in [0.3, 0.4) is 0 Å². The van der Waals surface area contributed by atoms with Crippen LogP contribution < -0.4 is 10.1 Å². The molecule has 160 valence electrons. The number of aromatic nitrogens is 1. The van der Waals surface area contributed by atoms with Crippen molar-refractivity contribution < 1.29 is 28.3 Å². The van der Waals surface area contributed by atoms with E-state index in [9.17, 15) is 19.1 Å². The highest BCUT2D eigenvalue weighted by atomic mass is 35.5. The molecule has 2 heterocycles. The normalized spacial score (nSPS) is 25.2. The van der Waals surface area contributed by atoms with Crippen molar-refractivity contribution in [2.75, 3.05) is 13.6 Å². The van der Waals surface area contributed by atoms with Gasteiger partial charge in [0.25, 0.3) is 5.91 Å². The first-order chi connectivity index (χ1) is 14.4. The van der Waals surface area contributed by atoms with Gasteiger partial charge in [-0.15, -0.1) is 0 Å². The van der Waals surface area contributed by atoms with E-state index in [1.807, 2.05) is 0 Å². The summed E-state index contributed by atoms with van der Waals surface area (Å²) in [5.41, 5.74) is 0.148. The minimum absolute atomic E-state index is 0.0370. The van der Waals surface area contributed by atoms with Crippen molar-refractivity contribution in [3.05, 3.63) is 46.6 Å². The van der Waals surface area contributed by atoms with Gasteiger partial charge in [-0.3, -0.25) is 4.79 Å². The molecule has 2 N–H and O–H groups in total. The average molecular weight is 438 g/mol. The molecule has 1 aromatic heterocycles. The highest BCUT2D eigenvalue weighted by molar-refractivity contribution is 6.30. The van der Waals surface area contributed by atoms with Crippen molar-refractivity contribution in [1.82, 2.24) is 15.4 Å². The molecule has 30 heavy (non-hydrogen) atoms. The largest absolute Gasteiger partial charge is 0.487 e. The molecule has 1 saturated carbocycles. The number of nitrogens with one attached hydrogen (secondary N) is 1. The van der Waals surface area contributed by atoms with Gasteiger partial charge in [0, 0.05) is 37.1 Å². The van der Waals surface area contributed by atoms with Crippen LogP contribution >= 0.6 is 11.6 Å². The van der Waals surface area contributed by atoms with E-state index in [1.54, 1.807) is 6.07 Å². The van der Waals surface area contributed by atoms with E-state index in [0.717, 1.165) is 0 Å². The third kappa shape index (κ3) is 3.94. The molecule has 1 unspecified atom stereocenters. The second-order valence-corrected chi connectivity index (χ2v) is 8.11. The highest BCUT2D eigenvalue weighted by Crippen LogP contribution is 2.45. The number of nitrogens with zero attached hydrogens (tertiary/aromatic N) is 2. The Balaban J connectivity index is 1.48. The van der Waals surface area contributed by atoms with Crippen LogP contribution in [0.25, 0.3) is 0 Å². The number of benzene rings is 1. The molecule has 2 fully saturated rings. The van der Waals surface area contributed by atoms with E-state index in [2.05, 4.69) is 10.5 Å². The molecular weight excluding hydrogens is 417 g/mol. The van der Waals surface area contributed by atoms with Crippen molar-refractivity contribution in [3.8, 4) is 5.75 Å². The molecule has 1 aliphatic heterocycles. The van der Waals surface area contributed by atoms with Crippen molar-refractivity contribution in [3.63, 3.8) is 0 Å². The Labute approximate surface area is 176 Å². The van der Waals surface area contributed by atoms with Crippen molar-refractivity contribution in [2.45, 2.75) is 31.4 Å². The van der Waals surface area contributed by atoms with Gasteiger partial charge in [0.1, 0.15) is 5.76 Å². The maximum atomic E-state index is 14.1. The van der Waals surface area contributed by atoms with Gasteiger partial charge in [0.05, 0.1) is 6.10 Å². The van der Waals surface area contributed by atoms with Crippen LogP contribution in [0, 0.1) is 17.7 Å². The fourth-order valence-electron chi connectivity index (χ4n) is 4.58. The van der Waals surface area contributed by atoms with Gasteiger partial charge >= 0.3 is 6.09 Å². The number of hydrogen-bond acceptors (Lipinski definition) is 5. The fraction of sp³-hybridized carbons (Fsp3) is 0.450. The van der Waals surface area contributed by atoms with Crippen LogP contribution in [0.2, 0.25) is 5.02 Å². The molecule has 0 spiro atoms. The summed E-state index contributed by atoms with van der Waals surface area (Å²) < 4.78 is 25.2. The first-order valence-corrected chi connectivity index (χ1v) is 10.0. The zero-order valence-corrected chi connectivity index (χ0v) is 16.9. The van der Waals surface area contributed by atoms with Crippen LogP contribution in [0.4, 0.5) is 9.18 Å². The number of ether oxygens (including phenoxy) is 1. The Morgan fingerprint density at radius 3 is 2.90 bits per heavy atom. The predicted octanol–water partition coefficient (Wildman–Crippen LogP) is 3.21. The molecule has 1 aromatic carbocycles. The predicted molar refractivity (Wildman–Crippen MR) is 104 cm³/mol. The van der Waals surface area contributed by atoms with E-state index in [1.165, 1.54) is 30.1 Å². The topological polar surface area (TPSA) is 105 Å². The molecule has 2 aromatic rings. The molecule has 0 radical (unpaired) electrons. The SMILES string of the molecule is CNC(=O)c1cc(CC2[C@H]3C[C@@H](Oc4ccc(Cl)cc4F)C[C@H]3CN2C(=O)O)on1. The monoisotopic (exact) mass is 437 g/mol. The number of amides is 2. The fourth-order valence-corrected chi connectivity index (χ4v) is 4.74. The minimum Gasteiger partial charge on any atom is -0.487 e. The summed E-state index contributed by atoms with van der Waals surface area (Å²) in [6, 6.07) is 5.47. The summed E-state index contributed by atoms with van der Waals surface area (Å²) in [4.78, 5) is 24.9. The lowest BCUT2D eigenvalue weighted by atomic mass is 9.91. The first kappa shape index (κ1) is 20.5. The van der Waals surface area contributed by atoms with E-state index < -0.39 is 11.9 Å². The third-order valence-corrected chi connectivity index (χ3v) is 6.13. The van der Waals surface area contributed by atoms with Crippen LogP contribution in [0.15, 0.2) is 28.8 Å². The first-order valence-electron chi connectivity index (χ1n) is 9.64. The zero-order chi connectivity index (χ0) is 21.4. The summed E-state index contributed by atoms with van der Waals surface area (Å²) in [6.45, 7) is 0.379. The van der Waals surface area contributed by atoms with E-state index >= 15 is 0 Å². The second kappa shape index (κ2) is 8.14. The summed E-state index contributed by atoms with van der Waals surface area (Å²) in [6.07, 6.45) is 0.316. The van der Waals surface area contributed by atoms with Gasteiger partial charge in [0.2, 0.25) is 0 Å². The molecule has 2 amide bonds. The molecule has 10 heteroatoms. The second-order valence-electron chi connectivity index (χ2n) is 7.67. The maximum absolute atomic E-state index is 14.1. The number of likely N-dealkylation sites (tertiary alicyclic amines) is 1. The van der Waals surface area contributed by atoms with E-state index in [4.69, 9.17) is 20.9 Å². The molecule has 4 atom stereocenters. The minimum atomic E-state index is -0.998. The van der Waals surface area contributed by atoms with Gasteiger partial charge < -0.3 is 24.6 Å². The zero-order valence-electron chi connectivity index (χ0n) is 16.2. The van der Waals surface area contributed by atoms with Gasteiger partial charge in [0.15, 0.2) is 17.3 Å². The standard InChI is InChI=1S/C20H21ClFN3O5/c1-23-19(26)16-7-13(30-24-16)8-17-14-6-12(4-10(14)9-25(17)20(27)28)29-18-3-2-11(21)5-15(18)22/h2-3,5,7,10,12,14,17H,4,6,8-9H2,1H3,(H,23,26)(H,27,28)/t10-,12-,14-,17?/m0/s1. The smallest absolute Gasteiger partial charge is 0.407 e. The molecule has 8 nitrogen and oxygen atoms in total. The molecular formula is C20H21ClFN3O5. The number of carbonyl (C=O) groups excluding carboxylic acids is 1. The number of halogens is 2. The number of fused-ring (bicyclic) bond motifs is 1. The van der Waals surface area contributed by atoms with Crippen LogP contribution in [0.5, 0.6) is 5.75 Å². The lowest BCUT2D eigenvalue weighted by Gasteiger charge is -2.25. The van der Waals surface area contributed by atoms with Crippen molar-refractivity contribution >= 4 is 23.6 Å². The summed E-state index contributed by atoms with van der Waals surface area (Å²) in [7, 11) is 1.49. The lowest BCUT2D eigenvalue weighted by Crippen LogP contribution is -2.39. The van der Waals surface area contributed by atoms with E-state index in [0.29, 0.717) is 36.6 Å². The Bertz CT molecular complexity index is 968. The highest BCUT2D eigenvalue weighted by Gasteiger charge is 2.50. The van der Waals surface area contributed by atoms with Gasteiger partial charge in [-0.25, -0.2) is 9.18 Å². The summed E-state index contributed by atoms with van der Waals surface area (Å²) in [5, 5.41) is 16.1. The molecule has 4 rings (SSSR count). The van der Waals surface area contributed by atoms with Crippen molar-refractivity contribution in [1.29, 1.82) is 0 Å². The Morgan fingerprint density at radius 2 is 2.20 bits per heavy atom. The number of carboxylic acid groups (broad SMARTS) is 1. The van der Waals surface area contributed by atoms with Crippen LogP contribution in [-0.4, -0.2) is 52.9 Å². The maximum Gasteiger partial charge on any atom is 0.407 e. The number of rotatable bonds is 5. The quantitative estimate of drug-likeness (QED) is 0.744. The van der Waals surface area contributed by atoms with Crippen LogP contribution in [0.1, 0.15) is 29.1 Å².